The second kappa shape index (κ2) is 9.02. The molecule has 31 heavy (non-hydrogen) atoms. The third-order valence-electron chi connectivity index (χ3n) is 5.53. The van der Waals surface area contributed by atoms with E-state index in [0.29, 0.717) is 35.1 Å². The molecule has 1 fully saturated rings. The first-order valence-corrected chi connectivity index (χ1v) is 10.2. The molecule has 1 aliphatic rings. The van der Waals surface area contributed by atoms with Crippen LogP contribution in [0.25, 0.3) is 22.4 Å². The number of nitriles is 1. The molecule has 2 aromatic carbocycles. The topological polar surface area (TPSA) is 89.2 Å². The van der Waals surface area contributed by atoms with Gasteiger partial charge in [-0.05, 0) is 42.8 Å². The Labute approximate surface area is 180 Å². The van der Waals surface area contributed by atoms with Gasteiger partial charge >= 0.3 is 0 Å². The average molecular weight is 416 g/mol. The largest absolute Gasteiger partial charge is 0.497 e. The van der Waals surface area contributed by atoms with Gasteiger partial charge in [0.2, 0.25) is 0 Å². The minimum absolute atomic E-state index is 0.195. The van der Waals surface area contributed by atoms with Crippen LogP contribution in [0.15, 0.2) is 53.3 Å². The van der Waals surface area contributed by atoms with Crippen LogP contribution in [0, 0.1) is 17.2 Å². The Kier molecular flexibility index (Phi) is 6.01. The van der Waals surface area contributed by atoms with Crippen molar-refractivity contribution in [2.75, 3.05) is 26.8 Å². The van der Waals surface area contributed by atoms with Crippen molar-refractivity contribution >= 4 is 0 Å². The van der Waals surface area contributed by atoms with Gasteiger partial charge in [0, 0.05) is 25.1 Å². The number of hydrogen-bond donors (Lipinski definition) is 1. The summed E-state index contributed by atoms with van der Waals surface area (Å²) in [5.74, 6) is 1.11. The SMILES string of the molecule is COc1ccc(-c2c(-c3ccc(C#N)cc3)nc(OCC3CCNC3)n(C)c2=O)cc1. The Bertz CT molecular complexity index is 1160. The number of nitrogens with zero attached hydrogens (tertiary/aromatic N) is 3. The molecule has 1 N–H and O–H groups in total. The lowest BCUT2D eigenvalue weighted by atomic mass is 9.99. The molecule has 0 spiro atoms. The zero-order valence-electron chi connectivity index (χ0n) is 17.6. The summed E-state index contributed by atoms with van der Waals surface area (Å²) in [4.78, 5) is 18.1. The number of benzene rings is 2. The van der Waals surface area contributed by atoms with E-state index in [1.54, 1.807) is 38.4 Å². The van der Waals surface area contributed by atoms with E-state index in [4.69, 9.17) is 19.7 Å². The lowest BCUT2D eigenvalue weighted by Gasteiger charge is -2.17. The van der Waals surface area contributed by atoms with Gasteiger partial charge in [-0.3, -0.25) is 9.36 Å². The van der Waals surface area contributed by atoms with Gasteiger partial charge in [-0.2, -0.15) is 10.2 Å². The van der Waals surface area contributed by atoms with E-state index in [1.807, 2.05) is 24.3 Å². The highest BCUT2D eigenvalue weighted by molar-refractivity contribution is 5.80. The Hall–Kier alpha value is -3.63. The highest BCUT2D eigenvalue weighted by atomic mass is 16.5. The van der Waals surface area contributed by atoms with E-state index in [-0.39, 0.29) is 11.6 Å². The molecular formula is C24H24N4O3. The molecule has 1 aliphatic heterocycles. The zero-order chi connectivity index (χ0) is 21.8. The Morgan fingerprint density at radius 3 is 2.48 bits per heavy atom. The van der Waals surface area contributed by atoms with Gasteiger partial charge in [-0.1, -0.05) is 24.3 Å². The van der Waals surface area contributed by atoms with Crippen LogP contribution in [0.5, 0.6) is 11.8 Å². The molecule has 0 aliphatic carbocycles. The van der Waals surface area contributed by atoms with Gasteiger partial charge < -0.3 is 14.8 Å². The third kappa shape index (κ3) is 4.30. The number of ether oxygens (including phenoxy) is 2. The first kappa shape index (κ1) is 20.6. The minimum atomic E-state index is -0.195. The molecule has 0 saturated carbocycles. The van der Waals surface area contributed by atoms with Crippen molar-refractivity contribution < 1.29 is 9.47 Å². The fraction of sp³-hybridized carbons (Fsp3) is 0.292. The van der Waals surface area contributed by atoms with Crippen LogP contribution in [-0.2, 0) is 7.05 Å². The van der Waals surface area contributed by atoms with Crippen LogP contribution in [0.1, 0.15) is 12.0 Å². The summed E-state index contributed by atoms with van der Waals surface area (Å²) in [5.41, 5.74) is 2.83. The maximum Gasteiger partial charge on any atom is 0.299 e. The highest BCUT2D eigenvalue weighted by Crippen LogP contribution is 2.31. The second-order valence-corrected chi connectivity index (χ2v) is 7.57. The molecule has 0 amide bonds. The number of methoxy groups -OCH3 is 1. The quantitative estimate of drug-likeness (QED) is 0.665. The van der Waals surface area contributed by atoms with Gasteiger partial charge in [-0.25, -0.2) is 0 Å². The predicted molar refractivity (Wildman–Crippen MR) is 118 cm³/mol. The fourth-order valence-electron chi connectivity index (χ4n) is 3.69. The number of hydrogen-bond acceptors (Lipinski definition) is 6. The molecule has 1 saturated heterocycles. The average Bonchev–Trinajstić information content (AvgIpc) is 3.34. The van der Waals surface area contributed by atoms with Crippen molar-refractivity contribution in [1.82, 2.24) is 14.9 Å². The first-order valence-electron chi connectivity index (χ1n) is 10.2. The van der Waals surface area contributed by atoms with E-state index >= 15 is 0 Å². The highest BCUT2D eigenvalue weighted by Gasteiger charge is 2.21. The van der Waals surface area contributed by atoms with Crippen LogP contribution >= 0.6 is 0 Å². The monoisotopic (exact) mass is 416 g/mol. The van der Waals surface area contributed by atoms with Crippen LogP contribution < -0.4 is 20.3 Å². The standard InChI is InChI=1S/C24H24N4O3/c1-28-23(29)21(18-7-9-20(30-2)10-8-18)22(19-5-3-16(13-25)4-6-19)27-24(28)31-15-17-11-12-26-14-17/h3-10,17,26H,11-12,14-15H2,1-2H3. The van der Waals surface area contributed by atoms with E-state index in [2.05, 4.69) is 11.4 Å². The molecule has 1 aromatic heterocycles. The molecule has 0 radical (unpaired) electrons. The smallest absolute Gasteiger partial charge is 0.299 e. The summed E-state index contributed by atoms with van der Waals surface area (Å²) in [6, 6.07) is 16.8. The van der Waals surface area contributed by atoms with Crippen LogP contribution in [-0.4, -0.2) is 36.4 Å². The molecule has 158 valence electrons. The van der Waals surface area contributed by atoms with Crippen LogP contribution in [0.3, 0.4) is 0 Å². The van der Waals surface area contributed by atoms with Gasteiger partial charge in [-0.15, -0.1) is 0 Å². The maximum atomic E-state index is 13.4. The van der Waals surface area contributed by atoms with Gasteiger partial charge in [0.05, 0.1) is 36.6 Å². The summed E-state index contributed by atoms with van der Waals surface area (Å²) in [6.07, 6.45) is 1.04. The number of nitrogens with one attached hydrogen (secondary N) is 1. The van der Waals surface area contributed by atoms with E-state index in [0.717, 1.165) is 30.6 Å². The molecule has 7 nitrogen and oxygen atoms in total. The van der Waals surface area contributed by atoms with E-state index < -0.39 is 0 Å². The van der Waals surface area contributed by atoms with Crippen LogP contribution in [0.4, 0.5) is 0 Å². The van der Waals surface area contributed by atoms with Crippen LogP contribution in [0.2, 0.25) is 0 Å². The first-order chi connectivity index (χ1) is 15.1. The summed E-state index contributed by atoms with van der Waals surface area (Å²) < 4.78 is 12.7. The maximum absolute atomic E-state index is 13.4. The second-order valence-electron chi connectivity index (χ2n) is 7.57. The summed E-state index contributed by atoms with van der Waals surface area (Å²) in [6.45, 7) is 2.38. The molecule has 4 rings (SSSR count). The molecule has 1 atom stereocenters. The van der Waals surface area contributed by atoms with Crippen molar-refractivity contribution in [2.45, 2.75) is 6.42 Å². The summed E-state index contributed by atoms with van der Waals surface area (Å²) in [7, 11) is 3.27. The number of rotatable bonds is 6. The third-order valence-corrected chi connectivity index (χ3v) is 5.53. The lowest BCUT2D eigenvalue weighted by Crippen LogP contribution is -2.25. The molecule has 7 heteroatoms. The summed E-state index contributed by atoms with van der Waals surface area (Å²) >= 11 is 0. The van der Waals surface area contributed by atoms with E-state index in [9.17, 15) is 4.79 Å². The van der Waals surface area contributed by atoms with E-state index in [1.165, 1.54) is 4.57 Å². The molecule has 0 bridgehead atoms. The van der Waals surface area contributed by atoms with Crippen molar-refractivity contribution in [3.63, 3.8) is 0 Å². The predicted octanol–water partition coefficient (Wildman–Crippen LogP) is 2.98. The number of aromatic nitrogens is 2. The van der Waals surface area contributed by atoms with Crippen molar-refractivity contribution in [3.05, 3.63) is 64.4 Å². The van der Waals surface area contributed by atoms with Gasteiger partial charge in [0.1, 0.15) is 5.75 Å². The zero-order valence-corrected chi connectivity index (χ0v) is 17.6. The molecule has 3 aromatic rings. The minimum Gasteiger partial charge on any atom is -0.497 e. The van der Waals surface area contributed by atoms with Crippen molar-refractivity contribution in [2.24, 2.45) is 13.0 Å². The normalized spacial score (nSPS) is 15.5. The lowest BCUT2D eigenvalue weighted by molar-refractivity contribution is 0.231. The fourth-order valence-corrected chi connectivity index (χ4v) is 3.69. The Balaban J connectivity index is 1.82. The molecular weight excluding hydrogens is 392 g/mol. The van der Waals surface area contributed by atoms with Gasteiger partial charge in [0.15, 0.2) is 0 Å². The molecule has 2 heterocycles. The van der Waals surface area contributed by atoms with Crippen molar-refractivity contribution in [3.8, 4) is 40.2 Å². The summed E-state index contributed by atoms with van der Waals surface area (Å²) in [5, 5.41) is 12.4. The van der Waals surface area contributed by atoms with Crippen molar-refractivity contribution in [1.29, 1.82) is 5.26 Å². The Morgan fingerprint density at radius 2 is 1.87 bits per heavy atom. The Morgan fingerprint density at radius 1 is 1.16 bits per heavy atom. The van der Waals surface area contributed by atoms with Gasteiger partial charge in [0.25, 0.3) is 11.6 Å². The molecule has 1 unspecified atom stereocenters.